The van der Waals surface area contributed by atoms with Gasteiger partial charge in [0.2, 0.25) is 0 Å². The molecule has 0 bridgehead atoms. The Bertz CT molecular complexity index is 760. The second-order valence-corrected chi connectivity index (χ2v) is 8.75. The maximum absolute atomic E-state index is 11.7. The van der Waals surface area contributed by atoms with Crippen molar-refractivity contribution in [2.45, 2.75) is 25.8 Å². The molecule has 1 atom stereocenters. The number of hydrogen-bond donors (Lipinski definition) is 1. The van der Waals surface area contributed by atoms with E-state index in [1.54, 1.807) is 22.2 Å². The minimum atomic E-state index is -2.97. The molecule has 2 N–H and O–H groups in total. The predicted octanol–water partition coefficient (Wildman–Crippen LogP) is 2.04. The predicted molar refractivity (Wildman–Crippen MR) is 81.6 cm³/mol. The highest BCUT2D eigenvalue weighted by molar-refractivity contribution is 7.91. The average Bonchev–Trinajstić information content (AvgIpc) is 2.99. The Morgan fingerprint density at radius 3 is 2.80 bits per heavy atom. The van der Waals surface area contributed by atoms with Crippen LogP contribution in [-0.2, 0) is 15.4 Å². The van der Waals surface area contributed by atoms with E-state index >= 15 is 0 Å². The lowest BCUT2D eigenvalue weighted by Gasteiger charge is -2.22. The monoisotopic (exact) mass is 311 g/mol. The van der Waals surface area contributed by atoms with Crippen molar-refractivity contribution in [3.05, 3.63) is 23.2 Å². The van der Waals surface area contributed by atoms with Crippen LogP contribution in [0.15, 0.2) is 17.6 Å². The molecule has 2 aromatic heterocycles. The van der Waals surface area contributed by atoms with Crippen molar-refractivity contribution in [1.29, 1.82) is 0 Å². The largest absolute Gasteiger partial charge is 0.396 e. The summed E-state index contributed by atoms with van der Waals surface area (Å²) in [5.74, 6) is 0.348. The zero-order chi connectivity index (χ0) is 14.5. The van der Waals surface area contributed by atoms with E-state index in [-0.39, 0.29) is 11.5 Å². The molecule has 3 heterocycles. The van der Waals surface area contributed by atoms with E-state index < -0.39 is 15.4 Å². The molecule has 3 rings (SSSR count). The lowest BCUT2D eigenvalue weighted by atomic mass is 10.0. The Balaban J connectivity index is 2.04. The first kappa shape index (κ1) is 13.6. The summed E-state index contributed by atoms with van der Waals surface area (Å²) in [6.07, 6.45) is 2.34. The maximum atomic E-state index is 11.7. The van der Waals surface area contributed by atoms with Crippen LogP contribution in [0.2, 0.25) is 0 Å². The van der Waals surface area contributed by atoms with E-state index in [0.717, 1.165) is 16.1 Å². The van der Waals surface area contributed by atoms with Gasteiger partial charge in [-0.2, -0.15) is 5.10 Å². The van der Waals surface area contributed by atoms with Crippen LogP contribution in [0.1, 0.15) is 18.9 Å². The van der Waals surface area contributed by atoms with E-state index in [1.807, 2.05) is 25.3 Å². The zero-order valence-corrected chi connectivity index (χ0v) is 13.1. The van der Waals surface area contributed by atoms with E-state index in [9.17, 15) is 8.42 Å². The number of nitrogens with zero attached hydrogens (tertiary/aromatic N) is 2. The number of nitrogen functional groups attached to an aromatic ring is 1. The fourth-order valence-corrected chi connectivity index (χ4v) is 5.68. The molecule has 0 aliphatic carbocycles. The summed E-state index contributed by atoms with van der Waals surface area (Å²) in [6, 6.07) is 2.03. The van der Waals surface area contributed by atoms with Crippen LogP contribution >= 0.6 is 11.3 Å². The third-order valence-electron chi connectivity index (χ3n) is 3.86. The summed E-state index contributed by atoms with van der Waals surface area (Å²) in [6.45, 7) is 3.95. The van der Waals surface area contributed by atoms with Gasteiger partial charge in [0.1, 0.15) is 5.69 Å². The third-order valence-corrected chi connectivity index (χ3v) is 6.77. The van der Waals surface area contributed by atoms with Crippen LogP contribution in [0.3, 0.4) is 0 Å². The molecule has 0 spiro atoms. The van der Waals surface area contributed by atoms with E-state index in [4.69, 9.17) is 5.73 Å². The van der Waals surface area contributed by atoms with Crippen molar-refractivity contribution in [1.82, 2.24) is 9.78 Å². The highest BCUT2D eigenvalue weighted by Gasteiger charge is 2.41. The lowest BCUT2D eigenvalue weighted by molar-refractivity contribution is 0.329. The molecule has 0 aromatic carbocycles. The van der Waals surface area contributed by atoms with Crippen molar-refractivity contribution in [3.63, 3.8) is 0 Å². The fourth-order valence-electron chi connectivity index (χ4n) is 2.63. The SMILES string of the molecule is Cc1ccsc1-c1nn(C2(C)CCS(=O)(=O)C2)cc1N. The van der Waals surface area contributed by atoms with E-state index in [0.29, 0.717) is 12.1 Å². The molecule has 0 saturated carbocycles. The van der Waals surface area contributed by atoms with Gasteiger partial charge >= 0.3 is 0 Å². The van der Waals surface area contributed by atoms with Crippen molar-refractivity contribution in [2.75, 3.05) is 17.2 Å². The number of aromatic nitrogens is 2. The van der Waals surface area contributed by atoms with E-state index in [1.165, 1.54) is 0 Å². The van der Waals surface area contributed by atoms with Crippen molar-refractivity contribution in [3.8, 4) is 10.6 Å². The Morgan fingerprint density at radius 2 is 2.25 bits per heavy atom. The first-order valence-corrected chi connectivity index (χ1v) is 9.11. The normalized spacial score (nSPS) is 25.1. The molecule has 2 aromatic rings. The Kier molecular flexibility index (Phi) is 2.95. The summed E-state index contributed by atoms with van der Waals surface area (Å²) < 4.78 is 25.2. The number of rotatable bonds is 2. The van der Waals surface area contributed by atoms with Gasteiger partial charge in [-0.25, -0.2) is 8.42 Å². The van der Waals surface area contributed by atoms with E-state index in [2.05, 4.69) is 5.10 Å². The van der Waals surface area contributed by atoms with Gasteiger partial charge in [-0.1, -0.05) is 0 Å². The molecule has 108 valence electrons. The highest BCUT2D eigenvalue weighted by atomic mass is 32.2. The summed E-state index contributed by atoms with van der Waals surface area (Å²) in [5, 5.41) is 6.57. The fraction of sp³-hybridized carbons (Fsp3) is 0.462. The Hall–Kier alpha value is -1.34. The molecule has 5 nitrogen and oxygen atoms in total. The molecule has 0 radical (unpaired) electrons. The number of thiophene rings is 1. The van der Waals surface area contributed by atoms with Gasteiger partial charge in [0.15, 0.2) is 9.84 Å². The summed E-state index contributed by atoms with van der Waals surface area (Å²) in [4.78, 5) is 1.05. The average molecular weight is 311 g/mol. The quantitative estimate of drug-likeness (QED) is 0.920. The van der Waals surface area contributed by atoms with Crippen LogP contribution in [0.5, 0.6) is 0 Å². The molecule has 20 heavy (non-hydrogen) atoms. The number of sulfone groups is 1. The van der Waals surface area contributed by atoms with Crippen LogP contribution in [0, 0.1) is 6.92 Å². The summed E-state index contributed by atoms with van der Waals surface area (Å²) in [7, 11) is -2.97. The molecular formula is C13H17N3O2S2. The molecule has 1 saturated heterocycles. The minimum Gasteiger partial charge on any atom is -0.396 e. The van der Waals surface area contributed by atoms with Crippen LogP contribution in [0.4, 0.5) is 5.69 Å². The third kappa shape index (κ3) is 2.14. The Morgan fingerprint density at radius 1 is 1.50 bits per heavy atom. The first-order chi connectivity index (χ1) is 9.31. The smallest absolute Gasteiger partial charge is 0.152 e. The van der Waals surface area contributed by atoms with Gasteiger partial charge in [-0.15, -0.1) is 11.3 Å². The second-order valence-electron chi connectivity index (χ2n) is 5.65. The van der Waals surface area contributed by atoms with Gasteiger partial charge in [0.05, 0.1) is 27.6 Å². The molecular weight excluding hydrogens is 294 g/mol. The molecule has 1 fully saturated rings. The minimum absolute atomic E-state index is 0.129. The standard InChI is InChI=1S/C13H17N3O2S2/c1-9-3-5-19-12(9)11-10(14)7-16(15-11)13(2)4-6-20(17,18)8-13/h3,5,7H,4,6,8,14H2,1-2H3. The van der Waals surface area contributed by atoms with Gasteiger partial charge in [0.25, 0.3) is 0 Å². The molecule has 1 aliphatic heterocycles. The first-order valence-electron chi connectivity index (χ1n) is 6.41. The molecule has 1 aliphatic rings. The van der Waals surface area contributed by atoms with Crippen LogP contribution < -0.4 is 5.73 Å². The maximum Gasteiger partial charge on any atom is 0.152 e. The van der Waals surface area contributed by atoms with Gasteiger partial charge in [0, 0.05) is 6.20 Å². The molecule has 1 unspecified atom stereocenters. The zero-order valence-electron chi connectivity index (χ0n) is 11.5. The van der Waals surface area contributed by atoms with Gasteiger partial charge in [-0.3, -0.25) is 4.68 Å². The number of aryl methyl sites for hydroxylation is 1. The Labute approximate surface area is 122 Å². The lowest BCUT2D eigenvalue weighted by Crippen LogP contribution is -2.31. The van der Waals surface area contributed by atoms with Crippen molar-refractivity contribution >= 4 is 26.9 Å². The topological polar surface area (TPSA) is 78.0 Å². The van der Waals surface area contributed by atoms with Gasteiger partial charge in [-0.05, 0) is 37.3 Å². The molecule has 7 heteroatoms. The van der Waals surface area contributed by atoms with Gasteiger partial charge < -0.3 is 5.73 Å². The van der Waals surface area contributed by atoms with Crippen molar-refractivity contribution in [2.24, 2.45) is 0 Å². The summed E-state index contributed by atoms with van der Waals surface area (Å²) >= 11 is 1.60. The van der Waals surface area contributed by atoms with Crippen molar-refractivity contribution < 1.29 is 8.42 Å². The second kappa shape index (κ2) is 4.33. The number of nitrogens with two attached hydrogens (primary N) is 1. The number of anilines is 1. The van der Waals surface area contributed by atoms with Crippen LogP contribution in [0.25, 0.3) is 10.6 Å². The number of hydrogen-bond acceptors (Lipinski definition) is 5. The van der Waals surface area contributed by atoms with Crippen LogP contribution in [-0.4, -0.2) is 29.7 Å². The highest BCUT2D eigenvalue weighted by Crippen LogP contribution is 2.36. The summed E-state index contributed by atoms with van der Waals surface area (Å²) in [5.41, 5.74) is 8.07. The molecule has 0 amide bonds.